The number of nitrogens with zero attached hydrogens (tertiary/aromatic N) is 1. The molecule has 4 aromatic rings. The van der Waals surface area contributed by atoms with Crippen molar-refractivity contribution in [2.24, 2.45) is 7.05 Å². The third kappa shape index (κ3) is 4.88. The molecule has 1 aromatic heterocycles. The Hall–Kier alpha value is -3.71. The van der Waals surface area contributed by atoms with Gasteiger partial charge < -0.3 is 9.98 Å². The van der Waals surface area contributed by atoms with E-state index in [2.05, 4.69) is 4.72 Å². The minimum Gasteiger partial charge on any atom is -0.350 e. The molecule has 0 aliphatic rings. The summed E-state index contributed by atoms with van der Waals surface area (Å²) >= 11 is 0. The highest BCUT2D eigenvalue weighted by Crippen LogP contribution is 2.27. The topological polar surface area (TPSA) is 92.0 Å². The summed E-state index contributed by atoms with van der Waals surface area (Å²) in [5, 5.41) is 8.40. The number of benzene rings is 3. The molecule has 1 heterocycles. The van der Waals surface area contributed by atoms with Crippen LogP contribution in [0.1, 0.15) is 34.8 Å². The van der Waals surface area contributed by atoms with E-state index in [4.69, 9.17) is 5.41 Å². The number of carbonyl (C=O) groups is 1. The quantitative estimate of drug-likeness (QED) is 0.281. The molecule has 7 heteroatoms. The van der Waals surface area contributed by atoms with Crippen LogP contribution in [-0.2, 0) is 23.5 Å². The van der Waals surface area contributed by atoms with E-state index in [1.807, 2.05) is 41.9 Å². The van der Waals surface area contributed by atoms with Gasteiger partial charge in [-0.05, 0) is 54.8 Å². The predicted octanol–water partition coefficient (Wildman–Crippen LogP) is 5.18. The van der Waals surface area contributed by atoms with Crippen molar-refractivity contribution in [3.05, 3.63) is 95.7 Å². The summed E-state index contributed by atoms with van der Waals surface area (Å²) in [7, 11) is -1.85. The maximum atomic E-state index is 13.1. The highest BCUT2D eigenvalue weighted by Gasteiger charge is 2.17. The van der Waals surface area contributed by atoms with Gasteiger partial charge in [-0.2, -0.15) is 0 Å². The molecule has 4 rings (SSSR count). The summed E-state index contributed by atoms with van der Waals surface area (Å²) in [4.78, 5) is 13.2. The summed E-state index contributed by atoms with van der Waals surface area (Å²) in [5.41, 5.74) is 4.23. The number of carbonyl (C=O) groups excluding carboxylic acids is 1. The molecule has 0 aliphatic heterocycles. The van der Waals surface area contributed by atoms with E-state index in [1.54, 1.807) is 43.5 Å². The summed E-state index contributed by atoms with van der Waals surface area (Å²) in [6.45, 7) is 1.74. The Bertz CT molecular complexity index is 1440. The molecule has 0 saturated heterocycles. The van der Waals surface area contributed by atoms with Gasteiger partial charge in [-0.25, -0.2) is 8.42 Å². The fourth-order valence-electron chi connectivity index (χ4n) is 3.81. The van der Waals surface area contributed by atoms with Gasteiger partial charge in [-0.15, -0.1) is 0 Å². The zero-order chi connectivity index (χ0) is 23.6. The molecule has 33 heavy (non-hydrogen) atoms. The minimum atomic E-state index is -3.72. The van der Waals surface area contributed by atoms with Gasteiger partial charge in [0.05, 0.1) is 4.90 Å². The van der Waals surface area contributed by atoms with E-state index in [-0.39, 0.29) is 10.7 Å². The first kappa shape index (κ1) is 22.5. The van der Waals surface area contributed by atoms with E-state index in [0.717, 1.165) is 16.6 Å². The van der Waals surface area contributed by atoms with Crippen LogP contribution in [0.2, 0.25) is 0 Å². The lowest BCUT2D eigenvalue weighted by Gasteiger charge is -2.09. The third-order valence-electron chi connectivity index (χ3n) is 5.62. The Balaban J connectivity index is 1.56. The van der Waals surface area contributed by atoms with Crippen LogP contribution in [0.3, 0.4) is 0 Å². The molecule has 0 saturated carbocycles. The first-order valence-corrected chi connectivity index (χ1v) is 12.1. The molecule has 0 unspecified atom stereocenters. The normalized spacial score (nSPS) is 11.5. The third-order valence-corrected chi connectivity index (χ3v) is 7.02. The lowest BCUT2D eigenvalue weighted by Crippen LogP contribution is -2.12. The van der Waals surface area contributed by atoms with E-state index in [0.29, 0.717) is 35.2 Å². The molecule has 0 atom stereocenters. The second-order valence-electron chi connectivity index (χ2n) is 8.05. The average molecular weight is 460 g/mol. The van der Waals surface area contributed by atoms with Crippen LogP contribution in [0.25, 0.3) is 10.9 Å². The monoisotopic (exact) mass is 459 g/mol. The molecule has 2 N–H and O–H groups in total. The Kier molecular flexibility index (Phi) is 6.16. The van der Waals surface area contributed by atoms with Gasteiger partial charge in [0.25, 0.3) is 10.0 Å². The van der Waals surface area contributed by atoms with Crippen molar-refractivity contribution in [3.8, 4) is 0 Å². The van der Waals surface area contributed by atoms with Crippen LogP contribution in [0, 0.1) is 5.41 Å². The second kappa shape index (κ2) is 9.03. The molecular weight excluding hydrogens is 434 g/mol. The highest BCUT2D eigenvalue weighted by atomic mass is 32.2. The first-order chi connectivity index (χ1) is 15.7. The van der Waals surface area contributed by atoms with E-state index >= 15 is 0 Å². The Morgan fingerprint density at radius 2 is 1.70 bits per heavy atom. The molecule has 6 nitrogen and oxygen atoms in total. The lowest BCUT2D eigenvalue weighted by molar-refractivity contribution is 0.0984. The van der Waals surface area contributed by atoms with Crippen molar-refractivity contribution in [3.63, 3.8) is 0 Å². The maximum Gasteiger partial charge on any atom is 0.261 e. The zero-order valence-electron chi connectivity index (χ0n) is 18.5. The van der Waals surface area contributed by atoms with Gasteiger partial charge in [0, 0.05) is 47.5 Å². The van der Waals surface area contributed by atoms with Gasteiger partial charge >= 0.3 is 0 Å². The second-order valence-corrected chi connectivity index (χ2v) is 9.73. The number of aryl methyl sites for hydroxylation is 2. The Labute approximate surface area is 193 Å². The van der Waals surface area contributed by atoms with Crippen molar-refractivity contribution < 1.29 is 13.2 Å². The number of rotatable bonds is 8. The van der Waals surface area contributed by atoms with E-state index < -0.39 is 10.0 Å². The molecule has 0 aliphatic carbocycles. The summed E-state index contributed by atoms with van der Waals surface area (Å²) < 4.78 is 29.9. The van der Waals surface area contributed by atoms with Crippen molar-refractivity contribution in [1.29, 1.82) is 5.41 Å². The fourth-order valence-corrected chi connectivity index (χ4v) is 4.88. The predicted molar refractivity (Wildman–Crippen MR) is 132 cm³/mol. The standard InChI is InChI=1S/C26H25N3O3S/c1-18(27)20-11-8-19(9-12-20)10-15-26(30)24-17-29(2)25-14-13-21(16-23(24)25)28-33(31,32)22-6-4-3-5-7-22/h3-9,11-14,16-17,27-28H,10,15H2,1-2H3. The van der Waals surface area contributed by atoms with Gasteiger partial charge in [-0.3, -0.25) is 9.52 Å². The summed E-state index contributed by atoms with van der Waals surface area (Å²) in [6.07, 6.45) is 2.72. The number of hydrogen-bond donors (Lipinski definition) is 2. The number of nitrogens with one attached hydrogen (secondary N) is 2. The molecule has 0 bridgehead atoms. The van der Waals surface area contributed by atoms with Crippen molar-refractivity contribution in [2.45, 2.75) is 24.7 Å². The molecule has 0 radical (unpaired) electrons. The van der Waals surface area contributed by atoms with Gasteiger partial charge in [0.2, 0.25) is 0 Å². The van der Waals surface area contributed by atoms with Crippen LogP contribution in [0.5, 0.6) is 0 Å². The SMILES string of the molecule is CC(=N)c1ccc(CCC(=O)c2cn(C)c3ccc(NS(=O)(=O)c4ccccc4)cc23)cc1. The van der Waals surface area contributed by atoms with Gasteiger partial charge in [0.15, 0.2) is 5.78 Å². The van der Waals surface area contributed by atoms with Crippen LogP contribution in [0.4, 0.5) is 5.69 Å². The van der Waals surface area contributed by atoms with Crippen molar-refractivity contribution in [2.75, 3.05) is 4.72 Å². The molecule has 0 amide bonds. The number of Topliss-reactive ketones (excluding diaryl/α,β-unsaturated/α-hetero) is 1. The molecule has 168 valence electrons. The number of ketones is 1. The molecule has 3 aromatic carbocycles. The fraction of sp³-hybridized carbons (Fsp3) is 0.154. The molecule has 0 fully saturated rings. The summed E-state index contributed by atoms with van der Waals surface area (Å²) in [6, 6.07) is 21.1. The number of anilines is 1. The molecule has 0 spiro atoms. The zero-order valence-corrected chi connectivity index (χ0v) is 19.3. The Morgan fingerprint density at radius 1 is 1.00 bits per heavy atom. The minimum absolute atomic E-state index is 0.00372. The van der Waals surface area contributed by atoms with Crippen LogP contribution in [0.15, 0.2) is 83.9 Å². The van der Waals surface area contributed by atoms with Crippen LogP contribution in [-0.4, -0.2) is 24.5 Å². The number of fused-ring (bicyclic) bond motifs is 1. The average Bonchev–Trinajstić information content (AvgIpc) is 3.14. The van der Waals surface area contributed by atoms with Crippen molar-refractivity contribution >= 4 is 38.1 Å². The number of hydrogen-bond acceptors (Lipinski definition) is 4. The lowest BCUT2D eigenvalue weighted by atomic mass is 10.0. The Morgan fingerprint density at radius 3 is 2.36 bits per heavy atom. The largest absolute Gasteiger partial charge is 0.350 e. The van der Waals surface area contributed by atoms with Gasteiger partial charge in [-0.1, -0.05) is 42.5 Å². The van der Waals surface area contributed by atoms with Gasteiger partial charge in [0.1, 0.15) is 0 Å². The van der Waals surface area contributed by atoms with Crippen LogP contribution < -0.4 is 4.72 Å². The van der Waals surface area contributed by atoms with Crippen molar-refractivity contribution in [1.82, 2.24) is 4.57 Å². The van der Waals surface area contributed by atoms with E-state index in [9.17, 15) is 13.2 Å². The smallest absolute Gasteiger partial charge is 0.261 e. The number of sulfonamides is 1. The first-order valence-electron chi connectivity index (χ1n) is 10.6. The maximum absolute atomic E-state index is 13.1. The van der Waals surface area contributed by atoms with E-state index in [1.165, 1.54) is 12.1 Å². The summed E-state index contributed by atoms with van der Waals surface area (Å²) in [5.74, 6) is -0.00372. The highest BCUT2D eigenvalue weighted by molar-refractivity contribution is 7.92. The molecular formula is C26H25N3O3S. The van der Waals surface area contributed by atoms with Crippen LogP contribution >= 0.6 is 0 Å². The number of aromatic nitrogens is 1.